The molecular weight excluding hydrogens is 382 g/mol. The fourth-order valence-electron chi connectivity index (χ4n) is 4.88. The average Bonchev–Trinajstić information content (AvgIpc) is 3.13. The Morgan fingerprint density at radius 2 is 2.07 bits per heavy atom. The van der Waals surface area contributed by atoms with Crippen molar-refractivity contribution in [3.8, 4) is 5.75 Å². The summed E-state index contributed by atoms with van der Waals surface area (Å²) in [5.41, 5.74) is 2.45. The summed E-state index contributed by atoms with van der Waals surface area (Å²) in [5, 5.41) is 0. The van der Waals surface area contributed by atoms with E-state index in [1.165, 1.54) is 11.1 Å². The Morgan fingerprint density at radius 1 is 1.24 bits per heavy atom. The molecule has 3 atom stereocenters. The third-order valence-corrected chi connectivity index (χ3v) is 8.86. The van der Waals surface area contributed by atoms with Crippen LogP contribution in [0.4, 0.5) is 0 Å². The Hall–Kier alpha value is -1.85. The zero-order valence-electron chi connectivity index (χ0n) is 17.5. The predicted octanol–water partition coefficient (Wildman–Crippen LogP) is 4.96. The first-order valence-electron chi connectivity index (χ1n) is 10.6. The smallest absolute Gasteiger partial charge is 0.224 e. The van der Waals surface area contributed by atoms with Crippen molar-refractivity contribution in [1.82, 2.24) is 4.31 Å². The van der Waals surface area contributed by atoms with Crippen LogP contribution in [-0.2, 0) is 10.0 Å². The molecule has 156 valence electrons. The fourth-order valence-corrected chi connectivity index (χ4v) is 6.88. The minimum Gasteiger partial charge on any atom is -0.491 e. The van der Waals surface area contributed by atoms with Crippen LogP contribution in [0.25, 0.3) is 0 Å². The fraction of sp³-hybridized carbons (Fsp3) is 0.500. The summed E-state index contributed by atoms with van der Waals surface area (Å²) in [7, 11) is -3.48. The first kappa shape index (κ1) is 20.4. The van der Waals surface area contributed by atoms with Gasteiger partial charge < -0.3 is 4.74 Å². The molecule has 1 aliphatic heterocycles. The zero-order valence-corrected chi connectivity index (χ0v) is 18.4. The summed E-state index contributed by atoms with van der Waals surface area (Å²) >= 11 is 0. The van der Waals surface area contributed by atoms with Gasteiger partial charge in [-0.1, -0.05) is 48.1 Å². The lowest BCUT2D eigenvalue weighted by Crippen LogP contribution is -2.49. The van der Waals surface area contributed by atoms with Crippen molar-refractivity contribution >= 4 is 10.0 Å². The number of benzene rings is 1. The van der Waals surface area contributed by atoms with Crippen molar-refractivity contribution in [3.05, 3.63) is 65.8 Å². The van der Waals surface area contributed by atoms with E-state index in [0.29, 0.717) is 13.0 Å². The Morgan fingerprint density at radius 3 is 2.79 bits per heavy atom. The van der Waals surface area contributed by atoms with Crippen molar-refractivity contribution in [1.29, 1.82) is 0 Å². The van der Waals surface area contributed by atoms with E-state index < -0.39 is 14.8 Å². The van der Waals surface area contributed by atoms with Crippen LogP contribution in [0, 0.1) is 0 Å². The van der Waals surface area contributed by atoms with Crippen LogP contribution in [0.2, 0.25) is 0 Å². The summed E-state index contributed by atoms with van der Waals surface area (Å²) in [6.07, 6.45) is 13.3. The summed E-state index contributed by atoms with van der Waals surface area (Å²) in [6, 6.07) is 8.14. The number of rotatable bonds is 5. The number of hydrogen-bond acceptors (Lipinski definition) is 3. The highest BCUT2D eigenvalue weighted by atomic mass is 32.2. The van der Waals surface area contributed by atoms with Crippen LogP contribution in [0.1, 0.15) is 57.9 Å². The first-order chi connectivity index (χ1) is 13.8. The largest absolute Gasteiger partial charge is 0.491 e. The van der Waals surface area contributed by atoms with Gasteiger partial charge in [-0.3, -0.25) is 0 Å². The molecule has 4 rings (SSSR count). The number of ether oxygens (including phenoxy) is 1. The van der Waals surface area contributed by atoms with E-state index in [1.54, 1.807) is 4.31 Å². The van der Waals surface area contributed by atoms with Crippen molar-refractivity contribution in [2.45, 2.75) is 69.3 Å². The van der Waals surface area contributed by atoms with E-state index in [0.717, 1.165) is 25.0 Å². The molecule has 1 fully saturated rings. The molecule has 2 aliphatic carbocycles. The molecule has 1 unspecified atom stereocenters. The molecule has 0 spiro atoms. The van der Waals surface area contributed by atoms with Gasteiger partial charge in [-0.25, -0.2) is 8.42 Å². The molecule has 0 amide bonds. The molecule has 0 N–H and O–H groups in total. The monoisotopic (exact) mass is 413 g/mol. The predicted molar refractivity (Wildman–Crippen MR) is 118 cm³/mol. The van der Waals surface area contributed by atoms with Gasteiger partial charge in [-0.15, -0.1) is 0 Å². The first-order valence-corrected chi connectivity index (χ1v) is 12.1. The summed E-state index contributed by atoms with van der Waals surface area (Å²) in [4.78, 5) is 0. The molecule has 0 aromatic heterocycles. The third kappa shape index (κ3) is 3.71. The van der Waals surface area contributed by atoms with Crippen molar-refractivity contribution in [3.63, 3.8) is 0 Å². The van der Waals surface area contributed by atoms with Gasteiger partial charge in [0, 0.05) is 12.5 Å². The molecule has 29 heavy (non-hydrogen) atoms. The Balaban J connectivity index is 1.69. The van der Waals surface area contributed by atoms with E-state index in [1.807, 2.05) is 57.2 Å². The maximum absolute atomic E-state index is 13.7. The molecule has 5 heteroatoms. The standard InChI is InChI=1S/C24H31NO3S/c1-18(2)28-21-11-7-10-20(17-21)22-12-8-9-19-13-16-25(23(19)22)29(26,27)24(3)14-5-4-6-15-24/h4-7,9-11,14,17-18,22-23H,8,12-13,15-16H2,1-3H3/t22-,23+,24?/m0/s1. The second-order valence-corrected chi connectivity index (χ2v) is 11.2. The van der Waals surface area contributed by atoms with Gasteiger partial charge in [0.15, 0.2) is 0 Å². The highest BCUT2D eigenvalue weighted by molar-refractivity contribution is 7.90. The van der Waals surface area contributed by atoms with Gasteiger partial charge >= 0.3 is 0 Å². The maximum Gasteiger partial charge on any atom is 0.224 e. The summed E-state index contributed by atoms with van der Waals surface area (Å²) < 4.78 is 34.3. The van der Waals surface area contributed by atoms with Crippen molar-refractivity contribution < 1.29 is 13.2 Å². The summed E-state index contributed by atoms with van der Waals surface area (Å²) in [6.45, 7) is 6.46. The zero-order chi connectivity index (χ0) is 20.6. The highest BCUT2D eigenvalue weighted by Gasteiger charge is 2.49. The Kier molecular flexibility index (Phi) is 5.47. The molecule has 3 aliphatic rings. The molecule has 0 bridgehead atoms. The lowest BCUT2D eigenvalue weighted by atomic mass is 9.80. The van der Waals surface area contributed by atoms with Crippen molar-refractivity contribution in [2.24, 2.45) is 0 Å². The number of fused-ring (bicyclic) bond motifs is 1. The number of allylic oxidation sites excluding steroid dienone is 4. The average molecular weight is 414 g/mol. The molecule has 1 heterocycles. The van der Waals surface area contributed by atoms with Crippen LogP contribution in [0.5, 0.6) is 5.75 Å². The normalized spacial score (nSPS) is 29.7. The number of sulfonamides is 1. The SMILES string of the molecule is CC(C)Oc1cccc([C@@H]2CCC=C3CCN(S(=O)(=O)C4(C)C=CC=CC4)[C@H]32)c1. The Labute approximate surface area is 175 Å². The van der Waals surface area contributed by atoms with Crippen LogP contribution in [0.15, 0.2) is 60.2 Å². The second-order valence-electron chi connectivity index (χ2n) is 8.82. The molecule has 0 radical (unpaired) electrons. The third-order valence-electron chi connectivity index (χ3n) is 6.35. The second kappa shape index (κ2) is 7.77. The van der Waals surface area contributed by atoms with Crippen LogP contribution in [0.3, 0.4) is 0 Å². The minimum atomic E-state index is -3.48. The van der Waals surface area contributed by atoms with E-state index in [-0.39, 0.29) is 18.1 Å². The van der Waals surface area contributed by atoms with E-state index >= 15 is 0 Å². The molecule has 1 aromatic rings. The quantitative estimate of drug-likeness (QED) is 0.641. The lowest BCUT2D eigenvalue weighted by Gasteiger charge is -2.39. The molecular formula is C24H31NO3S. The van der Waals surface area contributed by atoms with E-state index in [4.69, 9.17) is 4.74 Å². The van der Waals surface area contributed by atoms with Gasteiger partial charge in [0.05, 0.1) is 12.1 Å². The van der Waals surface area contributed by atoms with Gasteiger partial charge in [-0.05, 0) is 64.2 Å². The molecule has 4 nitrogen and oxygen atoms in total. The van der Waals surface area contributed by atoms with Crippen LogP contribution >= 0.6 is 0 Å². The van der Waals surface area contributed by atoms with Gasteiger partial charge in [0.25, 0.3) is 0 Å². The van der Waals surface area contributed by atoms with E-state index in [2.05, 4.69) is 18.2 Å². The molecule has 1 aromatic carbocycles. The van der Waals surface area contributed by atoms with Gasteiger partial charge in [0.1, 0.15) is 10.5 Å². The van der Waals surface area contributed by atoms with E-state index in [9.17, 15) is 8.42 Å². The lowest BCUT2D eigenvalue weighted by molar-refractivity contribution is 0.241. The van der Waals surface area contributed by atoms with Gasteiger partial charge in [-0.2, -0.15) is 4.31 Å². The summed E-state index contributed by atoms with van der Waals surface area (Å²) in [5.74, 6) is 1.02. The Bertz CT molecular complexity index is 960. The topological polar surface area (TPSA) is 46.6 Å². The van der Waals surface area contributed by atoms with Crippen LogP contribution in [-0.4, -0.2) is 36.2 Å². The number of hydrogen-bond donors (Lipinski definition) is 0. The minimum absolute atomic E-state index is 0.0841. The van der Waals surface area contributed by atoms with Crippen LogP contribution < -0.4 is 4.74 Å². The molecule has 1 saturated heterocycles. The van der Waals surface area contributed by atoms with Gasteiger partial charge in [0.2, 0.25) is 10.0 Å². The number of nitrogens with zero attached hydrogens (tertiary/aromatic N) is 1. The highest BCUT2D eigenvalue weighted by Crippen LogP contribution is 2.45. The molecule has 0 saturated carbocycles. The van der Waals surface area contributed by atoms with Crippen molar-refractivity contribution in [2.75, 3.05) is 6.54 Å². The maximum atomic E-state index is 13.7.